The van der Waals surface area contributed by atoms with Gasteiger partial charge in [0.2, 0.25) is 0 Å². The van der Waals surface area contributed by atoms with Crippen LogP contribution < -0.4 is 19.7 Å². The summed E-state index contributed by atoms with van der Waals surface area (Å²) in [6.07, 6.45) is 0. The van der Waals surface area contributed by atoms with Gasteiger partial charge in [-0.25, -0.2) is 4.79 Å². The number of nitrogens with zero attached hydrogens (tertiary/aromatic N) is 3. The molecule has 0 radical (unpaired) electrons. The molecule has 3 rings (SSSR count). The van der Waals surface area contributed by atoms with Gasteiger partial charge in [0, 0.05) is 49.6 Å². The summed E-state index contributed by atoms with van der Waals surface area (Å²) in [7, 11) is 3.19. The molecule has 2 aromatic carbocycles. The van der Waals surface area contributed by atoms with Gasteiger partial charge in [0.15, 0.2) is 0 Å². The van der Waals surface area contributed by atoms with Gasteiger partial charge in [0.1, 0.15) is 11.5 Å². The van der Waals surface area contributed by atoms with Crippen LogP contribution in [0, 0.1) is 10.1 Å². The first-order chi connectivity index (χ1) is 14.4. The van der Waals surface area contributed by atoms with E-state index in [2.05, 4.69) is 10.2 Å². The fourth-order valence-corrected chi connectivity index (χ4v) is 3.48. The lowest BCUT2D eigenvalue weighted by Gasteiger charge is -2.36. The summed E-state index contributed by atoms with van der Waals surface area (Å²) in [6.45, 7) is 4.34. The molecule has 0 bridgehead atoms. The molecule has 1 fully saturated rings. The monoisotopic (exact) mass is 414 g/mol. The number of non-ortho nitro benzene ring substituents is 1. The minimum Gasteiger partial charge on any atom is -0.497 e. The fraction of sp³-hybridized carbons (Fsp3) is 0.381. The maximum atomic E-state index is 12.7. The molecule has 0 aliphatic carbocycles. The Morgan fingerprint density at radius 1 is 1.07 bits per heavy atom. The maximum Gasteiger partial charge on any atom is 0.317 e. The van der Waals surface area contributed by atoms with Crippen LogP contribution in [-0.4, -0.2) is 56.3 Å². The number of urea groups is 1. The second-order valence-electron chi connectivity index (χ2n) is 7.03. The lowest BCUT2D eigenvalue weighted by molar-refractivity contribution is -0.384. The smallest absolute Gasteiger partial charge is 0.317 e. The molecule has 2 aromatic rings. The first kappa shape index (κ1) is 21.2. The van der Waals surface area contributed by atoms with E-state index in [0.717, 1.165) is 11.3 Å². The third-order valence-corrected chi connectivity index (χ3v) is 5.24. The number of nitro benzene ring substituents is 1. The highest BCUT2D eigenvalue weighted by Crippen LogP contribution is 2.29. The van der Waals surface area contributed by atoms with Gasteiger partial charge in [0.25, 0.3) is 5.69 Å². The van der Waals surface area contributed by atoms with E-state index in [1.54, 1.807) is 31.3 Å². The number of methoxy groups -OCH3 is 2. The molecule has 0 aromatic heterocycles. The average Bonchev–Trinajstić information content (AvgIpc) is 2.78. The second-order valence-corrected chi connectivity index (χ2v) is 7.03. The number of hydrogen-bond acceptors (Lipinski definition) is 6. The van der Waals surface area contributed by atoms with E-state index in [1.807, 2.05) is 25.1 Å². The molecule has 160 valence electrons. The molecular weight excluding hydrogens is 388 g/mol. The fourth-order valence-electron chi connectivity index (χ4n) is 3.48. The Balaban J connectivity index is 1.58. The van der Waals surface area contributed by atoms with Gasteiger partial charge >= 0.3 is 6.03 Å². The Morgan fingerprint density at radius 2 is 1.73 bits per heavy atom. The van der Waals surface area contributed by atoms with E-state index in [-0.39, 0.29) is 17.8 Å². The van der Waals surface area contributed by atoms with Crippen molar-refractivity contribution in [1.29, 1.82) is 0 Å². The SMILES string of the molecule is COc1ccc(OC)c(C(C)NC(=O)N2CCN(c3ccc([N+](=O)[O-])cc3)CC2)c1. The van der Waals surface area contributed by atoms with Gasteiger partial charge in [-0.2, -0.15) is 0 Å². The van der Waals surface area contributed by atoms with Crippen LogP contribution in [0.4, 0.5) is 16.2 Å². The lowest BCUT2D eigenvalue weighted by atomic mass is 10.1. The summed E-state index contributed by atoms with van der Waals surface area (Å²) in [5.74, 6) is 1.38. The topological polar surface area (TPSA) is 97.2 Å². The first-order valence-electron chi connectivity index (χ1n) is 9.69. The summed E-state index contributed by atoms with van der Waals surface area (Å²) in [4.78, 5) is 27.0. The summed E-state index contributed by atoms with van der Waals surface area (Å²) >= 11 is 0. The van der Waals surface area contributed by atoms with Crippen LogP contribution in [0.15, 0.2) is 42.5 Å². The van der Waals surface area contributed by atoms with Gasteiger partial charge in [-0.3, -0.25) is 10.1 Å². The number of piperazine rings is 1. The highest BCUT2D eigenvalue weighted by atomic mass is 16.6. The van der Waals surface area contributed by atoms with Crippen molar-refractivity contribution in [1.82, 2.24) is 10.2 Å². The van der Waals surface area contributed by atoms with E-state index < -0.39 is 4.92 Å². The standard InChI is InChI=1S/C21H26N4O5/c1-15(19-14-18(29-2)8-9-20(19)30-3)22-21(26)24-12-10-23(11-13-24)16-4-6-17(7-5-16)25(27)28/h4-9,14-15H,10-13H2,1-3H3,(H,22,26). The van der Waals surface area contributed by atoms with Gasteiger partial charge < -0.3 is 24.6 Å². The zero-order valence-corrected chi connectivity index (χ0v) is 17.3. The number of anilines is 1. The number of hydrogen-bond donors (Lipinski definition) is 1. The molecule has 1 aliphatic heterocycles. The zero-order chi connectivity index (χ0) is 21.7. The predicted molar refractivity (Wildman–Crippen MR) is 113 cm³/mol. The van der Waals surface area contributed by atoms with E-state index in [0.29, 0.717) is 37.7 Å². The number of benzene rings is 2. The summed E-state index contributed by atoms with van der Waals surface area (Å²) in [5, 5.41) is 13.8. The number of nitro groups is 1. The third-order valence-electron chi connectivity index (χ3n) is 5.24. The van der Waals surface area contributed by atoms with Crippen molar-refractivity contribution in [2.24, 2.45) is 0 Å². The molecule has 1 saturated heterocycles. The Hall–Kier alpha value is -3.49. The molecule has 0 spiro atoms. The van der Waals surface area contributed by atoms with Gasteiger partial charge in [-0.1, -0.05) is 0 Å². The lowest BCUT2D eigenvalue weighted by Crippen LogP contribution is -2.52. The zero-order valence-electron chi connectivity index (χ0n) is 17.3. The summed E-state index contributed by atoms with van der Waals surface area (Å²) in [6, 6.07) is 11.6. The Kier molecular flexibility index (Phi) is 6.61. The predicted octanol–water partition coefficient (Wildman–Crippen LogP) is 3.20. The van der Waals surface area contributed by atoms with E-state index in [9.17, 15) is 14.9 Å². The van der Waals surface area contributed by atoms with Crippen molar-refractivity contribution in [3.8, 4) is 11.5 Å². The minimum absolute atomic E-state index is 0.0683. The van der Waals surface area contributed by atoms with Crippen LogP contribution in [0.3, 0.4) is 0 Å². The van der Waals surface area contributed by atoms with Gasteiger partial charge in [-0.15, -0.1) is 0 Å². The molecule has 30 heavy (non-hydrogen) atoms. The number of carbonyl (C=O) groups is 1. The van der Waals surface area contributed by atoms with Crippen molar-refractivity contribution in [2.75, 3.05) is 45.3 Å². The second kappa shape index (κ2) is 9.34. The van der Waals surface area contributed by atoms with Crippen LogP contribution in [-0.2, 0) is 0 Å². The number of rotatable bonds is 6. The van der Waals surface area contributed by atoms with Crippen LogP contribution in [0.2, 0.25) is 0 Å². The number of carbonyl (C=O) groups excluding carboxylic acids is 1. The molecule has 2 amide bonds. The summed E-state index contributed by atoms with van der Waals surface area (Å²) in [5.41, 5.74) is 1.82. The Morgan fingerprint density at radius 3 is 2.30 bits per heavy atom. The van der Waals surface area contributed by atoms with Crippen molar-refractivity contribution in [3.05, 3.63) is 58.1 Å². The van der Waals surface area contributed by atoms with Crippen LogP contribution in [0.25, 0.3) is 0 Å². The minimum atomic E-state index is -0.412. The normalized spacial score (nSPS) is 14.8. The Labute approximate surface area is 175 Å². The van der Waals surface area contributed by atoms with E-state index in [1.165, 1.54) is 12.1 Å². The molecule has 1 heterocycles. The molecular formula is C21H26N4O5. The average molecular weight is 414 g/mol. The van der Waals surface area contributed by atoms with Crippen molar-refractivity contribution < 1.29 is 19.2 Å². The largest absolute Gasteiger partial charge is 0.497 e. The van der Waals surface area contributed by atoms with Gasteiger partial charge in [-0.05, 0) is 37.3 Å². The molecule has 9 heteroatoms. The van der Waals surface area contributed by atoms with Crippen LogP contribution >= 0.6 is 0 Å². The van der Waals surface area contributed by atoms with Crippen molar-refractivity contribution >= 4 is 17.4 Å². The molecule has 9 nitrogen and oxygen atoms in total. The number of nitrogens with one attached hydrogen (secondary N) is 1. The van der Waals surface area contributed by atoms with E-state index in [4.69, 9.17) is 9.47 Å². The van der Waals surface area contributed by atoms with Crippen LogP contribution in [0.5, 0.6) is 11.5 Å². The van der Waals surface area contributed by atoms with Gasteiger partial charge in [0.05, 0.1) is 25.2 Å². The highest BCUT2D eigenvalue weighted by molar-refractivity contribution is 5.75. The molecule has 1 atom stereocenters. The first-order valence-corrected chi connectivity index (χ1v) is 9.69. The maximum absolute atomic E-state index is 12.7. The Bertz CT molecular complexity index is 895. The quantitative estimate of drug-likeness (QED) is 0.576. The molecule has 1 N–H and O–H groups in total. The third kappa shape index (κ3) is 4.73. The van der Waals surface area contributed by atoms with Crippen molar-refractivity contribution in [2.45, 2.75) is 13.0 Å². The number of amides is 2. The summed E-state index contributed by atoms with van der Waals surface area (Å²) < 4.78 is 10.7. The number of ether oxygens (including phenoxy) is 2. The molecule has 1 aliphatic rings. The van der Waals surface area contributed by atoms with Crippen molar-refractivity contribution in [3.63, 3.8) is 0 Å². The van der Waals surface area contributed by atoms with E-state index >= 15 is 0 Å². The highest BCUT2D eigenvalue weighted by Gasteiger charge is 2.24. The van der Waals surface area contributed by atoms with Crippen LogP contribution in [0.1, 0.15) is 18.5 Å². The molecule has 1 unspecified atom stereocenters. The molecule has 0 saturated carbocycles.